The van der Waals surface area contributed by atoms with Gasteiger partial charge in [-0.3, -0.25) is 14.8 Å². The fraction of sp³-hybridized carbons (Fsp3) is 0.190. The van der Waals surface area contributed by atoms with E-state index in [9.17, 15) is 4.79 Å². The van der Waals surface area contributed by atoms with E-state index in [1.54, 1.807) is 18.5 Å². The van der Waals surface area contributed by atoms with Gasteiger partial charge in [0.05, 0.1) is 11.3 Å². The number of rotatable bonds is 6. The Morgan fingerprint density at radius 3 is 2.78 bits per heavy atom. The summed E-state index contributed by atoms with van der Waals surface area (Å²) in [4.78, 5) is 20.9. The van der Waals surface area contributed by atoms with Crippen LogP contribution in [0.3, 0.4) is 0 Å². The predicted molar refractivity (Wildman–Crippen MR) is 101 cm³/mol. The second-order valence-corrected chi connectivity index (χ2v) is 6.18. The van der Waals surface area contributed by atoms with E-state index in [1.165, 1.54) is 0 Å². The molecule has 0 bridgehead atoms. The van der Waals surface area contributed by atoms with Crippen molar-refractivity contribution in [3.8, 4) is 22.8 Å². The highest BCUT2D eigenvalue weighted by molar-refractivity contribution is 5.94. The Morgan fingerprint density at radius 2 is 1.96 bits per heavy atom. The molecule has 1 aromatic carbocycles. The van der Waals surface area contributed by atoms with Crippen LogP contribution in [0.4, 0.5) is 0 Å². The fourth-order valence-corrected chi connectivity index (χ4v) is 2.87. The standard InChI is InChI=1S/C21H19N3O3/c25-21(23-11-3-5-17-4-1-2-10-22-17)16-6-8-18(24-13-16)15-7-9-19-20(12-15)27-14-26-19/h1-2,4,6-10,12-13H,3,5,11,14H2,(H,23,25). The monoisotopic (exact) mass is 361 g/mol. The number of hydrogen-bond donors (Lipinski definition) is 1. The third kappa shape index (κ3) is 4.06. The van der Waals surface area contributed by atoms with Gasteiger partial charge in [0.15, 0.2) is 11.5 Å². The maximum absolute atomic E-state index is 12.3. The zero-order chi connectivity index (χ0) is 18.5. The van der Waals surface area contributed by atoms with E-state index in [0.29, 0.717) is 17.9 Å². The van der Waals surface area contributed by atoms with Gasteiger partial charge in [0.1, 0.15) is 0 Å². The van der Waals surface area contributed by atoms with Crippen LogP contribution in [0.2, 0.25) is 0 Å². The summed E-state index contributed by atoms with van der Waals surface area (Å²) in [5, 5.41) is 2.92. The van der Waals surface area contributed by atoms with Crippen molar-refractivity contribution in [1.82, 2.24) is 15.3 Å². The normalized spacial score (nSPS) is 12.0. The number of pyridine rings is 2. The van der Waals surface area contributed by atoms with Crippen molar-refractivity contribution < 1.29 is 14.3 Å². The van der Waals surface area contributed by atoms with Crippen LogP contribution in [-0.4, -0.2) is 29.2 Å². The predicted octanol–water partition coefficient (Wildman–Crippen LogP) is 3.23. The van der Waals surface area contributed by atoms with E-state index in [1.807, 2.05) is 42.5 Å². The summed E-state index contributed by atoms with van der Waals surface area (Å²) in [6, 6.07) is 15.1. The van der Waals surface area contributed by atoms with Crippen molar-refractivity contribution in [3.63, 3.8) is 0 Å². The Hall–Kier alpha value is -3.41. The summed E-state index contributed by atoms with van der Waals surface area (Å²) in [6.07, 6.45) is 5.04. The van der Waals surface area contributed by atoms with E-state index in [-0.39, 0.29) is 12.7 Å². The van der Waals surface area contributed by atoms with E-state index in [4.69, 9.17) is 9.47 Å². The number of carbonyl (C=O) groups is 1. The number of amides is 1. The first-order valence-electron chi connectivity index (χ1n) is 8.84. The molecule has 3 heterocycles. The molecule has 0 aliphatic carbocycles. The minimum atomic E-state index is -0.124. The first-order chi connectivity index (χ1) is 13.3. The molecule has 1 N–H and O–H groups in total. The van der Waals surface area contributed by atoms with Crippen molar-refractivity contribution in [2.45, 2.75) is 12.8 Å². The minimum Gasteiger partial charge on any atom is -0.454 e. The van der Waals surface area contributed by atoms with Crippen molar-refractivity contribution in [2.75, 3.05) is 13.3 Å². The average Bonchev–Trinajstić information content (AvgIpc) is 3.20. The molecule has 1 amide bonds. The number of ether oxygens (including phenoxy) is 2. The molecule has 6 heteroatoms. The molecule has 4 rings (SSSR count). The molecule has 0 unspecified atom stereocenters. The lowest BCUT2D eigenvalue weighted by molar-refractivity contribution is 0.0953. The third-order valence-corrected chi connectivity index (χ3v) is 4.32. The van der Waals surface area contributed by atoms with Crippen molar-refractivity contribution in [3.05, 3.63) is 72.2 Å². The molecule has 0 radical (unpaired) electrons. The van der Waals surface area contributed by atoms with Gasteiger partial charge < -0.3 is 14.8 Å². The molecule has 0 atom stereocenters. The Kier molecular flexibility index (Phi) is 4.96. The summed E-state index contributed by atoms with van der Waals surface area (Å²) in [7, 11) is 0. The maximum Gasteiger partial charge on any atom is 0.252 e. The summed E-state index contributed by atoms with van der Waals surface area (Å²) < 4.78 is 10.7. The van der Waals surface area contributed by atoms with Gasteiger partial charge in [-0.25, -0.2) is 0 Å². The molecule has 1 aliphatic heterocycles. The quantitative estimate of drug-likeness (QED) is 0.683. The van der Waals surface area contributed by atoms with Crippen molar-refractivity contribution in [1.29, 1.82) is 0 Å². The highest BCUT2D eigenvalue weighted by atomic mass is 16.7. The smallest absolute Gasteiger partial charge is 0.252 e. The molecule has 6 nitrogen and oxygen atoms in total. The highest BCUT2D eigenvalue weighted by Crippen LogP contribution is 2.35. The van der Waals surface area contributed by atoms with Crippen molar-refractivity contribution >= 4 is 5.91 Å². The Morgan fingerprint density at radius 1 is 1.04 bits per heavy atom. The first kappa shape index (κ1) is 17.0. The van der Waals surface area contributed by atoms with Crippen LogP contribution in [0, 0.1) is 0 Å². The highest BCUT2D eigenvalue weighted by Gasteiger charge is 2.14. The van der Waals surface area contributed by atoms with Crippen molar-refractivity contribution in [2.24, 2.45) is 0 Å². The number of nitrogens with one attached hydrogen (secondary N) is 1. The van der Waals surface area contributed by atoms with Crippen LogP contribution in [0.15, 0.2) is 60.9 Å². The number of nitrogens with zero attached hydrogens (tertiary/aromatic N) is 2. The number of aromatic nitrogens is 2. The summed E-state index contributed by atoms with van der Waals surface area (Å²) in [5.41, 5.74) is 3.26. The molecule has 0 fully saturated rings. The molecule has 3 aromatic rings. The zero-order valence-corrected chi connectivity index (χ0v) is 14.7. The van der Waals surface area contributed by atoms with E-state index >= 15 is 0 Å². The maximum atomic E-state index is 12.3. The van der Waals surface area contributed by atoms with Crippen LogP contribution in [-0.2, 0) is 6.42 Å². The molecule has 0 spiro atoms. The third-order valence-electron chi connectivity index (χ3n) is 4.32. The number of carbonyl (C=O) groups excluding carboxylic acids is 1. The minimum absolute atomic E-state index is 0.124. The van der Waals surface area contributed by atoms with Gasteiger partial charge in [0, 0.05) is 30.2 Å². The van der Waals surface area contributed by atoms with Crippen LogP contribution in [0.5, 0.6) is 11.5 Å². The van der Waals surface area contributed by atoms with Gasteiger partial charge >= 0.3 is 0 Å². The van der Waals surface area contributed by atoms with E-state index < -0.39 is 0 Å². The Labute approximate surface area is 157 Å². The zero-order valence-electron chi connectivity index (χ0n) is 14.7. The molecular weight excluding hydrogens is 342 g/mol. The molecule has 0 saturated heterocycles. The molecule has 27 heavy (non-hydrogen) atoms. The van der Waals surface area contributed by atoms with Gasteiger partial charge in [-0.1, -0.05) is 6.07 Å². The lowest BCUT2D eigenvalue weighted by Crippen LogP contribution is -2.24. The van der Waals surface area contributed by atoms with Gasteiger partial charge in [-0.05, 0) is 55.3 Å². The molecule has 1 aliphatic rings. The molecule has 136 valence electrons. The average molecular weight is 361 g/mol. The summed E-state index contributed by atoms with van der Waals surface area (Å²) >= 11 is 0. The van der Waals surface area contributed by atoms with E-state index in [0.717, 1.165) is 35.5 Å². The molecule has 2 aromatic heterocycles. The SMILES string of the molecule is O=C(NCCCc1ccccn1)c1ccc(-c2ccc3c(c2)OCO3)nc1. The largest absolute Gasteiger partial charge is 0.454 e. The lowest BCUT2D eigenvalue weighted by Gasteiger charge is -2.06. The van der Waals surface area contributed by atoms with Crippen LogP contribution >= 0.6 is 0 Å². The van der Waals surface area contributed by atoms with Crippen LogP contribution in [0.25, 0.3) is 11.3 Å². The molecular formula is C21H19N3O3. The van der Waals surface area contributed by atoms with Crippen LogP contribution in [0.1, 0.15) is 22.5 Å². The van der Waals surface area contributed by atoms with Gasteiger partial charge in [0.2, 0.25) is 6.79 Å². The molecule has 0 saturated carbocycles. The summed E-state index contributed by atoms with van der Waals surface area (Å²) in [6.45, 7) is 0.838. The topological polar surface area (TPSA) is 73.3 Å². The second-order valence-electron chi connectivity index (χ2n) is 6.18. The van der Waals surface area contributed by atoms with Gasteiger partial charge in [-0.2, -0.15) is 0 Å². The number of fused-ring (bicyclic) bond motifs is 1. The van der Waals surface area contributed by atoms with Crippen LogP contribution < -0.4 is 14.8 Å². The second kappa shape index (κ2) is 7.86. The van der Waals surface area contributed by atoms with Gasteiger partial charge in [-0.15, -0.1) is 0 Å². The van der Waals surface area contributed by atoms with Gasteiger partial charge in [0.25, 0.3) is 5.91 Å². The lowest BCUT2D eigenvalue weighted by atomic mass is 10.1. The Balaban J connectivity index is 1.32. The Bertz CT molecular complexity index is 927. The summed E-state index contributed by atoms with van der Waals surface area (Å²) in [5.74, 6) is 1.32. The number of aryl methyl sites for hydroxylation is 1. The number of hydrogen-bond acceptors (Lipinski definition) is 5. The van der Waals surface area contributed by atoms with E-state index in [2.05, 4.69) is 15.3 Å². The number of benzene rings is 1. The fourth-order valence-electron chi connectivity index (χ4n) is 2.87. The first-order valence-corrected chi connectivity index (χ1v) is 8.84.